The van der Waals surface area contributed by atoms with E-state index in [2.05, 4.69) is 25.1 Å². The molecule has 1 nitrogen and oxygen atoms in total. The molecule has 0 bridgehead atoms. The van der Waals surface area contributed by atoms with Crippen molar-refractivity contribution in [1.29, 1.82) is 0 Å². The molecule has 0 saturated carbocycles. The van der Waals surface area contributed by atoms with Crippen LogP contribution in [0.4, 0.5) is 0 Å². The second-order valence-electron chi connectivity index (χ2n) is 4.02. The van der Waals surface area contributed by atoms with Crippen molar-refractivity contribution in [2.45, 2.75) is 20.8 Å². The first-order valence-electron chi connectivity index (χ1n) is 5.10. The molecule has 0 spiro atoms. The molecule has 0 N–H and O–H groups in total. The highest BCUT2D eigenvalue weighted by molar-refractivity contribution is 6.00. The number of ketones is 1. The zero-order valence-corrected chi connectivity index (χ0v) is 9.29. The van der Waals surface area contributed by atoms with Crippen molar-refractivity contribution in [3.05, 3.63) is 47.0 Å². The van der Waals surface area contributed by atoms with Crippen LogP contribution in [0.5, 0.6) is 0 Å². The minimum Gasteiger partial charge on any atom is -0.295 e. The van der Waals surface area contributed by atoms with E-state index in [1.807, 2.05) is 19.1 Å². The van der Waals surface area contributed by atoms with Gasteiger partial charge in [-0.15, -0.1) is 0 Å². The SMILES string of the molecule is CC(=O)c1cc(C)c2cccc(C)c2c1. The number of hydrogen-bond acceptors (Lipinski definition) is 1. The molecule has 0 amide bonds. The van der Waals surface area contributed by atoms with Gasteiger partial charge >= 0.3 is 0 Å². The summed E-state index contributed by atoms with van der Waals surface area (Å²) in [5, 5.41) is 2.42. The van der Waals surface area contributed by atoms with Crippen LogP contribution in [-0.2, 0) is 0 Å². The van der Waals surface area contributed by atoms with Crippen LogP contribution in [0.15, 0.2) is 30.3 Å². The lowest BCUT2D eigenvalue weighted by Crippen LogP contribution is -1.94. The zero-order valence-electron chi connectivity index (χ0n) is 9.29. The number of carbonyl (C=O) groups excluding carboxylic acids is 1. The summed E-state index contributed by atoms with van der Waals surface area (Å²) in [5.74, 6) is 0.128. The minimum absolute atomic E-state index is 0.128. The van der Waals surface area contributed by atoms with Gasteiger partial charge in [0.15, 0.2) is 5.78 Å². The monoisotopic (exact) mass is 198 g/mol. The maximum Gasteiger partial charge on any atom is 0.159 e. The molecule has 2 aromatic carbocycles. The Morgan fingerprint density at radius 3 is 2.40 bits per heavy atom. The van der Waals surface area contributed by atoms with E-state index < -0.39 is 0 Å². The molecule has 15 heavy (non-hydrogen) atoms. The molecule has 2 rings (SSSR count). The largest absolute Gasteiger partial charge is 0.295 e. The van der Waals surface area contributed by atoms with Crippen LogP contribution in [0.1, 0.15) is 28.4 Å². The molecule has 76 valence electrons. The van der Waals surface area contributed by atoms with E-state index in [0.29, 0.717) is 0 Å². The van der Waals surface area contributed by atoms with Gasteiger partial charge < -0.3 is 0 Å². The van der Waals surface area contributed by atoms with Crippen LogP contribution in [0.3, 0.4) is 0 Å². The fourth-order valence-electron chi connectivity index (χ4n) is 1.93. The average Bonchev–Trinajstić information content (AvgIpc) is 2.19. The molecular formula is C14H14O. The number of hydrogen-bond donors (Lipinski definition) is 0. The molecule has 0 radical (unpaired) electrons. The van der Waals surface area contributed by atoms with Crippen LogP contribution < -0.4 is 0 Å². The van der Waals surface area contributed by atoms with E-state index in [4.69, 9.17) is 0 Å². The van der Waals surface area contributed by atoms with E-state index in [1.54, 1.807) is 6.92 Å². The van der Waals surface area contributed by atoms with E-state index >= 15 is 0 Å². The van der Waals surface area contributed by atoms with Crippen molar-refractivity contribution < 1.29 is 4.79 Å². The lowest BCUT2D eigenvalue weighted by molar-refractivity contribution is 0.101. The van der Waals surface area contributed by atoms with Crippen molar-refractivity contribution in [1.82, 2.24) is 0 Å². The highest BCUT2D eigenvalue weighted by Gasteiger charge is 2.05. The third-order valence-electron chi connectivity index (χ3n) is 2.83. The summed E-state index contributed by atoms with van der Waals surface area (Å²) in [6.07, 6.45) is 0. The quantitative estimate of drug-likeness (QED) is 0.639. The van der Waals surface area contributed by atoms with Crippen molar-refractivity contribution >= 4 is 16.6 Å². The molecule has 0 atom stereocenters. The van der Waals surface area contributed by atoms with Gasteiger partial charge in [0.2, 0.25) is 0 Å². The van der Waals surface area contributed by atoms with Crippen molar-refractivity contribution in [2.24, 2.45) is 0 Å². The first-order valence-corrected chi connectivity index (χ1v) is 5.10. The number of fused-ring (bicyclic) bond motifs is 1. The number of Topliss-reactive ketones (excluding diaryl/α,β-unsaturated/α-hetero) is 1. The van der Waals surface area contributed by atoms with Crippen LogP contribution in [0, 0.1) is 13.8 Å². The van der Waals surface area contributed by atoms with E-state index in [1.165, 1.54) is 21.9 Å². The van der Waals surface area contributed by atoms with Gasteiger partial charge in [-0.3, -0.25) is 4.79 Å². The van der Waals surface area contributed by atoms with Gasteiger partial charge in [0.25, 0.3) is 0 Å². The topological polar surface area (TPSA) is 17.1 Å². The summed E-state index contributed by atoms with van der Waals surface area (Å²) in [5.41, 5.74) is 3.19. The van der Waals surface area contributed by atoms with E-state index in [9.17, 15) is 4.79 Å². The Bertz CT molecular complexity index is 538. The number of carbonyl (C=O) groups is 1. The number of aryl methyl sites for hydroxylation is 2. The first-order chi connectivity index (χ1) is 7.09. The fourth-order valence-corrected chi connectivity index (χ4v) is 1.93. The molecule has 0 heterocycles. The molecule has 0 fully saturated rings. The molecule has 0 aromatic heterocycles. The summed E-state index contributed by atoms with van der Waals surface area (Å²) in [7, 11) is 0. The minimum atomic E-state index is 0.128. The lowest BCUT2D eigenvalue weighted by Gasteiger charge is -2.07. The maximum absolute atomic E-state index is 11.4. The standard InChI is InChI=1S/C14H14O/c1-9-5-4-6-13-10(2)7-12(11(3)15)8-14(9)13/h4-8H,1-3H3. The van der Waals surface area contributed by atoms with E-state index in [0.717, 1.165) is 5.56 Å². The predicted octanol–water partition coefficient (Wildman–Crippen LogP) is 3.66. The van der Waals surface area contributed by atoms with Crippen LogP contribution in [-0.4, -0.2) is 5.78 Å². The molecule has 0 aliphatic carbocycles. The summed E-state index contributed by atoms with van der Waals surface area (Å²) in [6, 6.07) is 10.2. The van der Waals surface area contributed by atoms with Crippen molar-refractivity contribution in [3.63, 3.8) is 0 Å². The smallest absolute Gasteiger partial charge is 0.159 e. The molecule has 2 aromatic rings. The van der Waals surface area contributed by atoms with Gasteiger partial charge in [0, 0.05) is 5.56 Å². The van der Waals surface area contributed by atoms with Gasteiger partial charge in [-0.05, 0) is 54.8 Å². The Kier molecular flexibility index (Phi) is 2.31. The lowest BCUT2D eigenvalue weighted by atomic mass is 9.97. The molecule has 1 heteroatoms. The summed E-state index contributed by atoms with van der Waals surface area (Å²) < 4.78 is 0. The second-order valence-corrected chi connectivity index (χ2v) is 4.02. The maximum atomic E-state index is 11.4. The molecule has 0 aliphatic rings. The first kappa shape index (κ1) is 9.91. The van der Waals surface area contributed by atoms with Crippen molar-refractivity contribution in [3.8, 4) is 0 Å². The van der Waals surface area contributed by atoms with Gasteiger partial charge in [0.05, 0.1) is 0 Å². The summed E-state index contributed by atoms with van der Waals surface area (Å²) in [6.45, 7) is 5.73. The Balaban J connectivity index is 2.85. The van der Waals surface area contributed by atoms with Gasteiger partial charge in [-0.1, -0.05) is 18.2 Å². The Hall–Kier alpha value is -1.63. The van der Waals surface area contributed by atoms with Crippen LogP contribution in [0.25, 0.3) is 10.8 Å². The summed E-state index contributed by atoms with van der Waals surface area (Å²) in [4.78, 5) is 11.4. The third kappa shape index (κ3) is 1.65. The normalized spacial score (nSPS) is 10.6. The third-order valence-corrected chi connectivity index (χ3v) is 2.83. The number of rotatable bonds is 1. The van der Waals surface area contributed by atoms with E-state index in [-0.39, 0.29) is 5.78 Å². The Morgan fingerprint density at radius 1 is 1.00 bits per heavy atom. The Labute approximate surface area is 89.7 Å². The highest BCUT2D eigenvalue weighted by atomic mass is 16.1. The second kappa shape index (κ2) is 3.50. The van der Waals surface area contributed by atoms with Crippen LogP contribution >= 0.6 is 0 Å². The number of benzene rings is 2. The molecule has 0 unspecified atom stereocenters. The predicted molar refractivity (Wildman–Crippen MR) is 63.4 cm³/mol. The summed E-state index contributed by atoms with van der Waals surface area (Å²) >= 11 is 0. The van der Waals surface area contributed by atoms with Crippen LogP contribution in [0.2, 0.25) is 0 Å². The fraction of sp³-hybridized carbons (Fsp3) is 0.214. The molecule has 0 saturated heterocycles. The average molecular weight is 198 g/mol. The van der Waals surface area contributed by atoms with Crippen molar-refractivity contribution in [2.75, 3.05) is 0 Å². The highest BCUT2D eigenvalue weighted by Crippen LogP contribution is 2.23. The van der Waals surface area contributed by atoms with Gasteiger partial charge in [-0.25, -0.2) is 0 Å². The zero-order chi connectivity index (χ0) is 11.0. The Morgan fingerprint density at radius 2 is 1.73 bits per heavy atom. The van der Waals surface area contributed by atoms with Gasteiger partial charge in [-0.2, -0.15) is 0 Å². The molecule has 0 aliphatic heterocycles. The molecular weight excluding hydrogens is 184 g/mol. The van der Waals surface area contributed by atoms with Gasteiger partial charge in [0.1, 0.15) is 0 Å².